The van der Waals surface area contributed by atoms with Crippen LogP contribution in [0.2, 0.25) is 0 Å². The Bertz CT molecular complexity index is 820. The van der Waals surface area contributed by atoms with Crippen LogP contribution >= 0.6 is 0 Å². The normalized spacial score (nSPS) is 13.2. The van der Waals surface area contributed by atoms with Gasteiger partial charge in [0.1, 0.15) is 6.10 Å². The Hall–Kier alpha value is -2.17. The van der Waals surface area contributed by atoms with Crippen molar-refractivity contribution in [1.29, 1.82) is 0 Å². The summed E-state index contributed by atoms with van der Waals surface area (Å²) in [6, 6.07) is 0. The summed E-state index contributed by atoms with van der Waals surface area (Å²) in [6.07, 6.45) is 53.7. The zero-order valence-electron chi connectivity index (χ0n) is 30.8. The fourth-order valence-corrected chi connectivity index (χ4v) is 5.11. The summed E-state index contributed by atoms with van der Waals surface area (Å²) in [4.78, 5) is 12.2. The van der Waals surface area contributed by atoms with Crippen molar-refractivity contribution in [2.75, 3.05) is 19.8 Å². The number of hydrogen-bond acceptors (Lipinski definition) is 4. The number of unbranched alkanes of at least 4 members (excludes halogenated alkanes) is 15. The van der Waals surface area contributed by atoms with Crippen LogP contribution in [0, 0.1) is 0 Å². The lowest BCUT2D eigenvalue weighted by Gasteiger charge is -2.15. The van der Waals surface area contributed by atoms with Crippen LogP contribution in [-0.4, -0.2) is 37.0 Å². The quantitative estimate of drug-likeness (QED) is 0.0420. The molecule has 0 saturated carbocycles. The van der Waals surface area contributed by atoms with Crippen LogP contribution in [0.25, 0.3) is 0 Å². The highest BCUT2D eigenvalue weighted by Gasteiger charge is 2.13. The van der Waals surface area contributed by atoms with Crippen molar-refractivity contribution < 1.29 is 19.4 Å². The fraction of sp³-hybridized carbons (Fsp3) is 0.698. The predicted molar refractivity (Wildman–Crippen MR) is 205 cm³/mol. The molecule has 0 fully saturated rings. The van der Waals surface area contributed by atoms with Crippen LogP contribution < -0.4 is 0 Å². The Labute approximate surface area is 291 Å². The minimum atomic E-state index is -0.555. The SMILES string of the molecule is CC/C=C\C/C=C\C/C=C\C/C=C\C/C=C\CCCCCCOCC(CO)OC(=O)CCCCCCC/C=C\CCCCCCCC. The van der Waals surface area contributed by atoms with Gasteiger partial charge in [0.15, 0.2) is 0 Å². The lowest BCUT2D eigenvalue weighted by molar-refractivity contribution is -0.154. The zero-order valence-corrected chi connectivity index (χ0v) is 30.8. The van der Waals surface area contributed by atoms with E-state index >= 15 is 0 Å². The Morgan fingerprint density at radius 3 is 1.47 bits per heavy atom. The third-order valence-corrected chi connectivity index (χ3v) is 8.02. The fourth-order valence-electron chi connectivity index (χ4n) is 5.11. The number of carbonyl (C=O) groups is 1. The molecule has 270 valence electrons. The van der Waals surface area contributed by atoms with Crippen LogP contribution in [0.5, 0.6) is 0 Å². The van der Waals surface area contributed by atoms with Crippen molar-refractivity contribution in [3.8, 4) is 0 Å². The van der Waals surface area contributed by atoms with Crippen molar-refractivity contribution in [3.63, 3.8) is 0 Å². The molecule has 0 saturated heterocycles. The molecule has 0 bridgehead atoms. The van der Waals surface area contributed by atoms with Crippen LogP contribution in [0.4, 0.5) is 0 Å². The molecular weight excluding hydrogens is 580 g/mol. The van der Waals surface area contributed by atoms with E-state index in [1.807, 2.05) is 0 Å². The van der Waals surface area contributed by atoms with Crippen LogP contribution in [0.1, 0.15) is 168 Å². The number of allylic oxidation sites excluding steroid dienone is 12. The number of aliphatic hydroxyl groups is 1. The van der Waals surface area contributed by atoms with Crippen molar-refractivity contribution >= 4 is 5.97 Å². The second kappa shape index (κ2) is 40.0. The lowest BCUT2D eigenvalue weighted by atomic mass is 10.1. The highest BCUT2D eigenvalue weighted by atomic mass is 16.6. The number of aliphatic hydroxyl groups excluding tert-OH is 1. The van der Waals surface area contributed by atoms with Gasteiger partial charge in [0.05, 0.1) is 13.2 Å². The molecule has 1 unspecified atom stereocenters. The van der Waals surface area contributed by atoms with Gasteiger partial charge in [-0.2, -0.15) is 0 Å². The van der Waals surface area contributed by atoms with E-state index in [0.29, 0.717) is 13.0 Å². The summed E-state index contributed by atoms with van der Waals surface area (Å²) in [5, 5.41) is 9.57. The molecule has 1 N–H and O–H groups in total. The first kappa shape index (κ1) is 44.8. The summed E-state index contributed by atoms with van der Waals surface area (Å²) in [5.41, 5.74) is 0. The maximum Gasteiger partial charge on any atom is 0.306 e. The third-order valence-electron chi connectivity index (χ3n) is 8.02. The van der Waals surface area contributed by atoms with Gasteiger partial charge in [-0.3, -0.25) is 4.79 Å². The number of ether oxygens (including phenoxy) is 2. The van der Waals surface area contributed by atoms with Gasteiger partial charge in [-0.05, 0) is 83.5 Å². The van der Waals surface area contributed by atoms with E-state index in [1.165, 1.54) is 77.0 Å². The van der Waals surface area contributed by atoms with E-state index < -0.39 is 6.10 Å². The second-order valence-corrected chi connectivity index (χ2v) is 12.6. The lowest BCUT2D eigenvalue weighted by Crippen LogP contribution is -2.27. The minimum Gasteiger partial charge on any atom is -0.457 e. The van der Waals surface area contributed by atoms with Crippen LogP contribution in [-0.2, 0) is 14.3 Å². The Morgan fingerprint density at radius 2 is 0.957 bits per heavy atom. The standard InChI is InChI=1S/C43H74O4/c1-3-5-7-9-11-13-15-17-19-20-21-22-23-25-27-29-31-33-35-37-39-46-41-42(40-44)47-43(45)38-36-34-32-30-28-26-24-18-16-14-12-10-8-6-4-2/h5,7,11,13,17-19,21-22,24-25,27,42,44H,3-4,6,8-10,12,14-16,20,23,26,28-41H2,1-2H3/b7-5-,13-11-,19-17-,22-21-,24-18-,27-25-. The summed E-state index contributed by atoms with van der Waals surface area (Å²) >= 11 is 0. The molecule has 47 heavy (non-hydrogen) atoms. The number of hydrogen-bond donors (Lipinski definition) is 1. The highest BCUT2D eigenvalue weighted by molar-refractivity contribution is 5.69. The molecule has 0 aliphatic carbocycles. The number of rotatable bonds is 35. The summed E-state index contributed by atoms with van der Waals surface area (Å²) < 4.78 is 11.1. The first-order valence-electron chi connectivity index (χ1n) is 19.5. The predicted octanol–water partition coefficient (Wildman–Crippen LogP) is 12.6. The molecule has 0 amide bonds. The van der Waals surface area contributed by atoms with E-state index in [0.717, 1.165) is 70.6 Å². The zero-order chi connectivity index (χ0) is 34.1. The van der Waals surface area contributed by atoms with Crippen molar-refractivity contribution in [2.24, 2.45) is 0 Å². The topological polar surface area (TPSA) is 55.8 Å². The van der Waals surface area contributed by atoms with Gasteiger partial charge in [0.25, 0.3) is 0 Å². The number of esters is 1. The maximum atomic E-state index is 12.2. The molecule has 4 heteroatoms. The van der Waals surface area contributed by atoms with Crippen LogP contribution in [0.15, 0.2) is 72.9 Å². The van der Waals surface area contributed by atoms with E-state index in [-0.39, 0.29) is 19.2 Å². The molecule has 0 heterocycles. The van der Waals surface area contributed by atoms with Gasteiger partial charge >= 0.3 is 5.97 Å². The molecule has 0 aliphatic heterocycles. The van der Waals surface area contributed by atoms with Crippen molar-refractivity contribution in [1.82, 2.24) is 0 Å². The Morgan fingerprint density at radius 1 is 0.532 bits per heavy atom. The van der Waals surface area contributed by atoms with E-state index in [1.54, 1.807) is 0 Å². The van der Waals surface area contributed by atoms with Gasteiger partial charge < -0.3 is 14.6 Å². The second-order valence-electron chi connectivity index (χ2n) is 12.6. The number of carbonyl (C=O) groups excluding carboxylic acids is 1. The molecule has 0 aromatic carbocycles. The molecule has 4 nitrogen and oxygen atoms in total. The molecular formula is C43H74O4. The van der Waals surface area contributed by atoms with Crippen LogP contribution in [0.3, 0.4) is 0 Å². The minimum absolute atomic E-state index is 0.189. The van der Waals surface area contributed by atoms with Gasteiger partial charge in [0.2, 0.25) is 0 Å². The van der Waals surface area contributed by atoms with Gasteiger partial charge in [0, 0.05) is 13.0 Å². The average molecular weight is 655 g/mol. The Kier molecular flexibility index (Phi) is 38.2. The Balaban J connectivity index is 3.55. The summed E-state index contributed by atoms with van der Waals surface area (Å²) in [5.74, 6) is -0.222. The summed E-state index contributed by atoms with van der Waals surface area (Å²) in [7, 11) is 0. The first-order chi connectivity index (χ1) is 23.2. The average Bonchev–Trinajstić information content (AvgIpc) is 3.08. The third kappa shape index (κ3) is 38.2. The van der Waals surface area contributed by atoms with Crippen molar-refractivity contribution in [2.45, 2.75) is 174 Å². The van der Waals surface area contributed by atoms with E-state index in [9.17, 15) is 9.90 Å². The molecule has 0 radical (unpaired) electrons. The smallest absolute Gasteiger partial charge is 0.306 e. The van der Waals surface area contributed by atoms with Gasteiger partial charge in [-0.15, -0.1) is 0 Å². The molecule has 0 aromatic heterocycles. The molecule has 0 aliphatic rings. The molecule has 0 aromatic rings. The summed E-state index contributed by atoms with van der Waals surface area (Å²) in [6.45, 7) is 5.15. The molecule has 0 rings (SSSR count). The monoisotopic (exact) mass is 655 g/mol. The maximum absolute atomic E-state index is 12.2. The largest absolute Gasteiger partial charge is 0.457 e. The first-order valence-corrected chi connectivity index (χ1v) is 19.5. The molecule has 0 spiro atoms. The van der Waals surface area contributed by atoms with Gasteiger partial charge in [-0.1, -0.05) is 151 Å². The highest BCUT2D eigenvalue weighted by Crippen LogP contribution is 2.11. The van der Waals surface area contributed by atoms with E-state index in [2.05, 4.69) is 86.8 Å². The van der Waals surface area contributed by atoms with E-state index in [4.69, 9.17) is 9.47 Å². The van der Waals surface area contributed by atoms with Crippen molar-refractivity contribution in [3.05, 3.63) is 72.9 Å². The molecule has 1 atom stereocenters. The van der Waals surface area contributed by atoms with Gasteiger partial charge in [-0.25, -0.2) is 0 Å².